The van der Waals surface area contributed by atoms with E-state index in [0.29, 0.717) is 17.6 Å². The predicted octanol–water partition coefficient (Wildman–Crippen LogP) is 4.17. The summed E-state index contributed by atoms with van der Waals surface area (Å²) in [5.74, 6) is -2.02. The molecule has 0 saturated heterocycles. The summed E-state index contributed by atoms with van der Waals surface area (Å²) in [7, 11) is 0. The van der Waals surface area contributed by atoms with Crippen LogP contribution in [0.5, 0.6) is 5.75 Å². The summed E-state index contributed by atoms with van der Waals surface area (Å²) >= 11 is 0. The highest BCUT2D eigenvalue weighted by atomic mass is 19.2. The van der Waals surface area contributed by atoms with E-state index in [1.807, 2.05) is 13.8 Å². The Balaban J connectivity index is 2.03. The molecule has 0 aliphatic heterocycles. The number of nitrogens with zero attached hydrogens (tertiary/aromatic N) is 1. The Bertz CT molecular complexity index is 754. The monoisotopic (exact) mass is 305 g/mol. The zero-order chi connectivity index (χ0) is 15.9. The van der Waals surface area contributed by atoms with Crippen molar-refractivity contribution in [1.29, 1.82) is 0 Å². The largest absolute Gasteiger partial charge is 0.424 e. The molecular weight excluding hydrogens is 288 g/mol. The first kappa shape index (κ1) is 14.9. The van der Waals surface area contributed by atoms with E-state index < -0.39 is 17.0 Å². The minimum Gasteiger partial charge on any atom is -0.424 e. The molecule has 0 radical (unpaired) electrons. The van der Waals surface area contributed by atoms with E-state index in [-0.39, 0.29) is 17.1 Å². The van der Waals surface area contributed by atoms with Crippen molar-refractivity contribution in [2.45, 2.75) is 39.5 Å². The van der Waals surface area contributed by atoms with Crippen molar-refractivity contribution in [3.63, 3.8) is 0 Å². The Morgan fingerprint density at radius 1 is 1.36 bits per heavy atom. The molecule has 1 fully saturated rings. The molecule has 22 heavy (non-hydrogen) atoms. The zero-order valence-electron chi connectivity index (χ0n) is 12.6. The lowest BCUT2D eigenvalue weighted by molar-refractivity contribution is -0.149. The number of ether oxygens (including phenoxy) is 1. The Labute approximate surface area is 127 Å². The number of carbonyl (C=O) groups is 1. The molecule has 0 N–H and O–H groups in total. The Morgan fingerprint density at radius 3 is 2.68 bits per heavy atom. The van der Waals surface area contributed by atoms with Crippen molar-refractivity contribution < 1.29 is 18.3 Å². The second-order valence-electron chi connectivity index (χ2n) is 6.02. The second kappa shape index (κ2) is 5.30. The molecule has 1 aliphatic rings. The number of fused-ring (bicyclic) bond motifs is 1. The number of aryl methyl sites for hydroxylation is 1. The van der Waals surface area contributed by atoms with Gasteiger partial charge >= 0.3 is 5.97 Å². The lowest BCUT2D eigenvalue weighted by Gasteiger charge is -2.35. The number of rotatable bonds is 3. The van der Waals surface area contributed by atoms with Crippen LogP contribution in [-0.2, 0) is 11.2 Å². The van der Waals surface area contributed by atoms with Crippen LogP contribution in [0.3, 0.4) is 0 Å². The number of aromatic nitrogens is 1. The zero-order valence-corrected chi connectivity index (χ0v) is 12.6. The first-order valence-electron chi connectivity index (χ1n) is 7.44. The van der Waals surface area contributed by atoms with E-state index in [4.69, 9.17) is 4.74 Å². The fraction of sp³-hybridized carbons (Fsp3) is 0.412. The average Bonchev–Trinajstić information content (AvgIpc) is 2.48. The van der Waals surface area contributed by atoms with Crippen molar-refractivity contribution in [2.24, 2.45) is 5.41 Å². The van der Waals surface area contributed by atoms with Crippen LogP contribution in [-0.4, -0.2) is 11.0 Å². The fourth-order valence-electron chi connectivity index (χ4n) is 2.68. The van der Waals surface area contributed by atoms with Crippen LogP contribution in [0, 0.1) is 17.0 Å². The normalized spacial score (nSPS) is 16.4. The smallest absolute Gasteiger partial charge is 0.317 e. The van der Waals surface area contributed by atoms with E-state index in [9.17, 15) is 13.6 Å². The SMILES string of the molecule is CCc1nc2ccc(F)c(F)c2cc1OC(=O)C1(C)CCC1. The van der Waals surface area contributed by atoms with Gasteiger partial charge in [0, 0.05) is 5.39 Å². The quantitative estimate of drug-likeness (QED) is 0.799. The van der Waals surface area contributed by atoms with Crippen molar-refractivity contribution in [3.8, 4) is 5.75 Å². The summed E-state index contributed by atoms with van der Waals surface area (Å²) in [6.07, 6.45) is 3.12. The predicted molar refractivity (Wildman–Crippen MR) is 78.6 cm³/mol. The van der Waals surface area contributed by atoms with Gasteiger partial charge in [-0.2, -0.15) is 0 Å². The number of halogens is 2. The Morgan fingerprint density at radius 2 is 2.09 bits per heavy atom. The van der Waals surface area contributed by atoms with Gasteiger partial charge in [0.15, 0.2) is 17.4 Å². The minimum atomic E-state index is -0.972. The summed E-state index contributed by atoms with van der Waals surface area (Å²) < 4.78 is 32.7. The summed E-state index contributed by atoms with van der Waals surface area (Å²) in [6, 6.07) is 3.84. The lowest BCUT2D eigenvalue weighted by atomic mass is 9.70. The van der Waals surface area contributed by atoms with Gasteiger partial charge < -0.3 is 4.74 Å². The lowest BCUT2D eigenvalue weighted by Crippen LogP contribution is -2.38. The standard InChI is InChI=1S/C17H17F2NO2/c1-3-12-14(22-16(21)17(2)7-4-8-17)9-10-13(20-12)6-5-11(18)15(10)19/h5-6,9H,3-4,7-8H2,1-2H3. The molecule has 3 nitrogen and oxygen atoms in total. The molecule has 116 valence electrons. The number of carbonyl (C=O) groups excluding carboxylic acids is 1. The molecule has 1 saturated carbocycles. The van der Waals surface area contributed by atoms with Crippen LogP contribution in [0.1, 0.15) is 38.8 Å². The van der Waals surface area contributed by atoms with Gasteiger partial charge in [-0.05, 0) is 44.4 Å². The summed E-state index contributed by atoms with van der Waals surface area (Å²) in [6.45, 7) is 3.73. The van der Waals surface area contributed by atoms with Gasteiger partial charge in [0.25, 0.3) is 0 Å². The molecule has 1 aromatic heterocycles. The number of hydrogen-bond donors (Lipinski definition) is 0. The van der Waals surface area contributed by atoms with E-state index in [2.05, 4.69) is 4.98 Å². The fourth-order valence-corrected chi connectivity index (χ4v) is 2.68. The molecule has 0 bridgehead atoms. The van der Waals surface area contributed by atoms with Crippen molar-refractivity contribution >= 4 is 16.9 Å². The number of pyridine rings is 1. The molecule has 0 amide bonds. The molecule has 0 spiro atoms. The Hall–Kier alpha value is -2.04. The van der Waals surface area contributed by atoms with Crippen molar-refractivity contribution in [2.75, 3.05) is 0 Å². The minimum absolute atomic E-state index is 0.0266. The van der Waals surface area contributed by atoms with E-state index in [1.54, 1.807) is 0 Å². The van der Waals surface area contributed by atoms with Gasteiger partial charge in [-0.1, -0.05) is 13.3 Å². The van der Waals surface area contributed by atoms with Crippen LogP contribution in [0.25, 0.3) is 10.9 Å². The first-order chi connectivity index (χ1) is 10.4. The third-order valence-electron chi connectivity index (χ3n) is 4.41. The van der Waals surface area contributed by atoms with E-state index >= 15 is 0 Å². The topological polar surface area (TPSA) is 39.2 Å². The molecule has 3 rings (SSSR count). The summed E-state index contributed by atoms with van der Waals surface area (Å²) in [4.78, 5) is 16.5. The average molecular weight is 305 g/mol. The van der Waals surface area contributed by atoms with Gasteiger partial charge in [-0.15, -0.1) is 0 Å². The highest BCUT2D eigenvalue weighted by Gasteiger charge is 2.41. The molecule has 5 heteroatoms. The molecule has 0 atom stereocenters. The maximum atomic E-state index is 13.9. The number of benzene rings is 1. The highest BCUT2D eigenvalue weighted by molar-refractivity contribution is 5.84. The number of esters is 1. The molecule has 1 aromatic carbocycles. The van der Waals surface area contributed by atoms with Gasteiger partial charge in [-0.3, -0.25) is 4.79 Å². The van der Waals surface area contributed by atoms with Gasteiger partial charge in [-0.25, -0.2) is 13.8 Å². The van der Waals surface area contributed by atoms with Crippen LogP contribution in [0.2, 0.25) is 0 Å². The van der Waals surface area contributed by atoms with Gasteiger partial charge in [0.05, 0.1) is 16.6 Å². The van der Waals surface area contributed by atoms with E-state index in [1.165, 1.54) is 12.1 Å². The van der Waals surface area contributed by atoms with E-state index in [0.717, 1.165) is 25.3 Å². The summed E-state index contributed by atoms with van der Waals surface area (Å²) in [5, 5.41) is 0.0266. The van der Waals surface area contributed by atoms with Crippen LogP contribution >= 0.6 is 0 Å². The Kier molecular flexibility index (Phi) is 3.59. The van der Waals surface area contributed by atoms with Gasteiger partial charge in [0.2, 0.25) is 0 Å². The maximum Gasteiger partial charge on any atom is 0.317 e. The molecule has 1 heterocycles. The van der Waals surface area contributed by atoms with Crippen molar-refractivity contribution in [3.05, 3.63) is 35.5 Å². The number of hydrogen-bond acceptors (Lipinski definition) is 3. The highest BCUT2D eigenvalue weighted by Crippen LogP contribution is 2.42. The van der Waals surface area contributed by atoms with Crippen LogP contribution < -0.4 is 4.74 Å². The van der Waals surface area contributed by atoms with Crippen molar-refractivity contribution in [1.82, 2.24) is 4.98 Å². The molecule has 1 aliphatic carbocycles. The molecular formula is C17H17F2NO2. The molecule has 0 unspecified atom stereocenters. The second-order valence-corrected chi connectivity index (χ2v) is 6.02. The third kappa shape index (κ3) is 2.34. The first-order valence-corrected chi connectivity index (χ1v) is 7.44. The maximum absolute atomic E-state index is 13.9. The van der Waals surface area contributed by atoms with Crippen LogP contribution in [0.4, 0.5) is 8.78 Å². The molecule has 2 aromatic rings. The van der Waals surface area contributed by atoms with Crippen LogP contribution in [0.15, 0.2) is 18.2 Å². The summed E-state index contributed by atoms with van der Waals surface area (Å²) in [5.41, 5.74) is 0.445. The van der Waals surface area contributed by atoms with Gasteiger partial charge in [0.1, 0.15) is 0 Å². The third-order valence-corrected chi connectivity index (χ3v) is 4.41.